The maximum absolute atomic E-state index is 11.4. The predicted octanol–water partition coefficient (Wildman–Crippen LogP) is 1.69. The molecular weight excluding hydrogens is 228 g/mol. The van der Waals surface area contributed by atoms with Crippen molar-refractivity contribution in [2.45, 2.75) is 64.6 Å². The molecule has 1 aliphatic rings. The molecule has 2 N–H and O–H groups in total. The number of rotatable bonds is 4. The van der Waals surface area contributed by atoms with Gasteiger partial charge in [-0.2, -0.15) is 0 Å². The lowest BCUT2D eigenvalue weighted by Gasteiger charge is -2.47. The van der Waals surface area contributed by atoms with Crippen molar-refractivity contribution in [3.8, 4) is 0 Å². The molecule has 1 unspecified atom stereocenters. The fraction of sp³-hybridized carbons (Fsp3) is 0.929. The van der Waals surface area contributed by atoms with Crippen LogP contribution in [0.3, 0.4) is 0 Å². The van der Waals surface area contributed by atoms with E-state index >= 15 is 0 Å². The van der Waals surface area contributed by atoms with Crippen molar-refractivity contribution >= 4 is 5.97 Å². The van der Waals surface area contributed by atoms with Crippen molar-refractivity contribution in [2.75, 3.05) is 13.7 Å². The molecule has 0 radical (unpaired) electrons. The maximum Gasteiger partial charge on any atom is 0.309 e. The van der Waals surface area contributed by atoms with E-state index in [0.29, 0.717) is 12.6 Å². The Labute approximate surface area is 111 Å². The van der Waals surface area contributed by atoms with Gasteiger partial charge in [-0.15, -0.1) is 0 Å². The molecule has 1 rings (SSSR count). The quantitative estimate of drug-likeness (QED) is 0.752. The average molecular weight is 256 g/mol. The standard InChI is InChI=1S/C14H28N2O2/c1-10(12(17)18-6)9-15-11-7-13(2,3)16-14(4,5)8-11/h10-11,15-16H,7-9H2,1-6H3. The summed E-state index contributed by atoms with van der Waals surface area (Å²) in [7, 11) is 1.44. The summed E-state index contributed by atoms with van der Waals surface area (Å²) in [6.45, 7) is 11.5. The van der Waals surface area contributed by atoms with Crippen LogP contribution in [0.25, 0.3) is 0 Å². The summed E-state index contributed by atoms with van der Waals surface area (Å²) < 4.78 is 4.74. The van der Waals surface area contributed by atoms with Crippen LogP contribution < -0.4 is 10.6 Å². The number of methoxy groups -OCH3 is 1. The van der Waals surface area contributed by atoms with Crippen LogP contribution in [-0.4, -0.2) is 36.7 Å². The summed E-state index contributed by atoms with van der Waals surface area (Å²) >= 11 is 0. The summed E-state index contributed by atoms with van der Waals surface area (Å²) in [5.74, 6) is -0.230. The summed E-state index contributed by atoms with van der Waals surface area (Å²) in [5, 5.41) is 7.16. The largest absolute Gasteiger partial charge is 0.469 e. The molecule has 0 aliphatic carbocycles. The highest BCUT2D eigenvalue weighted by Crippen LogP contribution is 2.28. The Morgan fingerprint density at radius 3 is 2.28 bits per heavy atom. The normalized spacial score (nSPS) is 24.6. The minimum atomic E-state index is -0.144. The molecule has 1 atom stereocenters. The third-order valence-electron chi connectivity index (χ3n) is 3.51. The van der Waals surface area contributed by atoms with Crippen molar-refractivity contribution in [2.24, 2.45) is 5.92 Å². The first-order valence-electron chi connectivity index (χ1n) is 6.76. The molecule has 4 nitrogen and oxygen atoms in total. The van der Waals surface area contributed by atoms with Gasteiger partial charge in [-0.3, -0.25) is 4.79 Å². The van der Waals surface area contributed by atoms with Gasteiger partial charge in [0.2, 0.25) is 0 Å². The minimum Gasteiger partial charge on any atom is -0.469 e. The zero-order chi connectivity index (χ0) is 14.0. The second kappa shape index (κ2) is 5.57. The highest BCUT2D eigenvalue weighted by atomic mass is 16.5. The molecule has 0 spiro atoms. The molecule has 18 heavy (non-hydrogen) atoms. The number of ether oxygens (including phenoxy) is 1. The smallest absolute Gasteiger partial charge is 0.309 e. The lowest BCUT2D eigenvalue weighted by Crippen LogP contribution is -2.62. The second-order valence-electron chi connectivity index (χ2n) is 6.83. The lowest BCUT2D eigenvalue weighted by molar-refractivity contribution is -0.144. The molecule has 1 saturated heterocycles. The summed E-state index contributed by atoms with van der Waals surface area (Å²) in [6, 6.07) is 0.448. The molecule has 4 heteroatoms. The van der Waals surface area contributed by atoms with Crippen molar-refractivity contribution in [3.05, 3.63) is 0 Å². The van der Waals surface area contributed by atoms with Crippen molar-refractivity contribution < 1.29 is 9.53 Å². The Kier molecular flexibility index (Phi) is 4.78. The summed E-state index contributed by atoms with van der Waals surface area (Å²) in [4.78, 5) is 11.4. The number of hydrogen-bond donors (Lipinski definition) is 2. The highest BCUT2D eigenvalue weighted by Gasteiger charge is 2.37. The van der Waals surface area contributed by atoms with E-state index in [2.05, 4.69) is 38.3 Å². The first-order chi connectivity index (χ1) is 8.15. The van der Waals surface area contributed by atoms with Crippen LogP contribution in [0.15, 0.2) is 0 Å². The van der Waals surface area contributed by atoms with E-state index in [4.69, 9.17) is 4.74 Å². The van der Waals surface area contributed by atoms with Gasteiger partial charge in [-0.25, -0.2) is 0 Å². The van der Waals surface area contributed by atoms with Crippen LogP contribution in [0.2, 0.25) is 0 Å². The van der Waals surface area contributed by atoms with Crippen LogP contribution in [0.4, 0.5) is 0 Å². The van der Waals surface area contributed by atoms with Crippen LogP contribution in [-0.2, 0) is 9.53 Å². The Bertz CT molecular complexity index is 284. The third-order valence-corrected chi connectivity index (χ3v) is 3.51. The Balaban J connectivity index is 2.49. The topological polar surface area (TPSA) is 50.4 Å². The van der Waals surface area contributed by atoms with E-state index in [-0.39, 0.29) is 23.0 Å². The zero-order valence-corrected chi connectivity index (χ0v) is 12.6. The first-order valence-corrected chi connectivity index (χ1v) is 6.76. The molecule has 0 bridgehead atoms. The van der Waals surface area contributed by atoms with E-state index in [0.717, 1.165) is 12.8 Å². The van der Waals surface area contributed by atoms with Gasteiger partial charge in [0.05, 0.1) is 13.0 Å². The lowest BCUT2D eigenvalue weighted by atomic mass is 9.79. The van der Waals surface area contributed by atoms with Gasteiger partial charge >= 0.3 is 5.97 Å². The number of carbonyl (C=O) groups excluding carboxylic acids is 1. The molecule has 0 aromatic rings. The van der Waals surface area contributed by atoms with Gasteiger partial charge in [0.1, 0.15) is 0 Å². The van der Waals surface area contributed by atoms with Crippen molar-refractivity contribution in [3.63, 3.8) is 0 Å². The Morgan fingerprint density at radius 1 is 1.33 bits per heavy atom. The molecule has 0 saturated carbocycles. The van der Waals surface area contributed by atoms with Gasteiger partial charge in [0.15, 0.2) is 0 Å². The fourth-order valence-electron chi connectivity index (χ4n) is 3.09. The van der Waals surface area contributed by atoms with Crippen molar-refractivity contribution in [1.29, 1.82) is 0 Å². The number of piperidine rings is 1. The molecule has 0 amide bonds. The second-order valence-corrected chi connectivity index (χ2v) is 6.83. The van der Waals surface area contributed by atoms with E-state index in [1.807, 2.05) is 6.92 Å². The van der Waals surface area contributed by atoms with E-state index in [1.54, 1.807) is 0 Å². The van der Waals surface area contributed by atoms with Gasteiger partial charge in [0, 0.05) is 23.7 Å². The summed E-state index contributed by atoms with van der Waals surface area (Å²) in [6.07, 6.45) is 2.15. The molecular formula is C14H28N2O2. The molecule has 1 fully saturated rings. The average Bonchev–Trinajstić information content (AvgIpc) is 2.20. The number of nitrogens with one attached hydrogen (secondary N) is 2. The van der Waals surface area contributed by atoms with Gasteiger partial charge in [-0.05, 0) is 40.5 Å². The highest BCUT2D eigenvalue weighted by molar-refractivity contribution is 5.72. The van der Waals surface area contributed by atoms with Crippen molar-refractivity contribution in [1.82, 2.24) is 10.6 Å². The van der Waals surface area contributed by atoms with E-state index in [9.17, 15) is 4.79 Å². The number of esters is 1. The summed E-state index contributed by atoms with van der Waals surface area (Å²) in [5.41, 5.74) is 0.266. The van der Waals surface area contributed by atoms with Crippen LogP contribution in [0.1, 0.15) is 47.5 Å². The number of hydrogen-bond acceptors (Lipinski definition) is 4. The fourth-order valence-corrected chi connectivity index (χ4v) is 3.09. The Hall–Kier alpha value is -0.610. The van der Waals surface area contributed by atoms with Crippen LogP contribution >= 0.6 is 0 Å². The van der Waals surface area contributed by atoms with Gasteiger partial charge < -0.3 is 15.4 Å². The maximum atomic E-state index is 11.4. The molecule has 1 heterocycles. The molecule has 1 aliphatic heterocycles. The number of carbonyl (C=O) groups is 1. The van der Waals surface area contributed by atoms with Gasteiger partial charge in [-0.1, -0.05) is 6.92 Å². The molecule has 0 aromatic carbocycles. The third kappa shape index (κ3) is 4.58. The monoisotopic (exact) mass is 256 g/mol. The SMILES string of the molecule is COC(=O)C(C)CNC1CC(C)(C)NC(C)(C)C1. The van der Waals surface area contributed by atoms with Crippen LogP contribution in [0, 0.1) is 5.92 Å². The molecule has 0 aromatic heterocycles. The molecule has 106 valence electrons. The zero-order valence-electron chi connectivity index (χ0n) is 12.6. The first kappa shape index (κ1) is 15.4. The van der Waals surface area contributed by atoms with E-state index < -0.39 is 0 Å². The van der Waals surface area contributed by atoms with Gasteiger partial charge in [0.25, 0.3) is 0 Å². The Morgan fingerprint density at radius 2 is 1.83 bits per heavy atom. The van der Waals surface area contributed by atoms with Crippen LogP contribution in [0.5, 0.6) is 0 Å². The van der Waals surface area contributed by atoms with E-state index in [1.165, 1.54) is 7.11 Å². The predicted molar refractivity (Wildman–Crippen MR) is 73.5 cm³/mol. The minimum absolute atomic E-state index is 0.0869.